The topological polar surface area (TPSA) is 121 Å². The van der Waals surface area contributed by atoms with Crippen LogP contribution in [0.4, 0.5) is 4.79 Å². The van der Waals surface area contributed by atoms with E-state index in [1.807, 2.05) is 19.9 Å². The molecule has 8 nitrogen and oxygen atoms in total. The summed E-state index contributed by atoms with van der Waals surface area (Å²) in [4.78, 5) is 54.6. The van der Waals surface area contributed by atoms with Crippen molar-refractivity contribution >= 4 is 23.8 Å². The van der Waals surface area contributed by atoms with Gasteiger partial charge in [-0.05, 0) is 118 Å². The van der Waals surface area contributed by atoms with Crippen molar-refractivity contribution in [1.82, 2.24) is 4.90 Å². The molecule has 0 bridgehead atoms. The van der Waals surface area contributed by atoms with Crippen molar-refractivity contribution in [2.75, 3.05) is 6.54 Å². The Balaban J connectivity index is 1.43. The zero-order valence-corrected chi connectivity index (χ0v) is 26.4. The van der Waals surface area contributed by atoms with E-state index in [4.69, 9.17) is 4.74 Å². The Bertz CT molecular complexity index is 1290. The summed E-state index contributed by atoms with van der Waals surface area (Å²) in [6.45, 7) is 14.9. The van der Waals surface area contributed by atoms with Crippen LogP contribution in [0, 0.1) is 50.2 Å². The molecule has 6 rings (SSSR count). The number of nitrogens with zero attached hydrogens (tertiary/aromatic N) is 1. The van der Waals surface area contributed by atoms with E-state index in [0.717, 1.165) is 31.3 Å². The number of hydrogen-bond donors (Lipinski definition) is 2. The molecular formula is C34H49NO7. The van der Waals surface area contributed by atoms with E-state index in [-0.39, 0.29) is 45.9 Å². The van der Waals surface area contributed by atoms with Crippen LogP contribution in [-0.4, -0.2) is 57.6 Å². The highest BCUT2D eigenvalue weighted by molar-refractivity contribution is 5.96. The Morgan fingerprint density at radius 1 is 0.905 bits per heavy atom. The summed E-state index contributed by atoms with van der Waals surface area (Å²) in [5, 5.41) is 21.0. The minimum atomic E-state index is -1.21. The summed E-state index contributed by atoms with van der Waals surface area (Å²) in [6, 6.07) is -0.485. The van der Waals surface area contributed by atoms with Crippen LogP contribution in [0.5, 0.6) is 0 Å². The lowest BCUT2D eigenvalue weighted by molar-refractivity contribution is -0.206. The Kier molecular flexibility index (Phi) is 6.25. The summed E-state index contributed by atoms with van der Waals surface area (Å²) in [7, 11) is 0. The maximum atomic E-state index is 14.6. The van der Waals surface area contributed by atoms with Crippen LogP contribution in [-0.2, 0) is 19.1 Å². The molecule has 42 heavy (non-hydrogen) atoms. The maximum Gasteiger partial charge on any atom is 0.410 e. The Labute approximate surface area is 249 Å². The van der Waals surface area contributed by atoms with E-state index in [1.54, 1.807) is 11.8 Å². The predicted octanol–water partition coefficient (Wildman–Crippen LogP) is 6.33. The second-order valence-electron chi connectivity index (χ2n) is 16.5. The Hall–Kier alpha value is -2.38. The fourth-order valence-electron chi connectivity index (χ4n) is 11.7. The van der Waals surface area contributed by atoms with Crippen molar-refractivity contribution in [1.29, 1.82) is 0 Å². The molecule has 0 aromatic heterocycles. The van der Waals surface area contributed by atoms with Crippen LogP contribution in [0.25, 0.3) is 0 Å². The molecule has 5 aliphatic carbocycles. The van der Waals surface area contributed by atoms with Crippen molar-refractivity contribution in [3.8, 4) is 0 Å². The minimum Gasteiger partial charge on any atom is -0.481 e. The van der Waals surface area contributed by atoms with Gasteiger partial charge in [-0.15, -0.1) is 0 Å². The highest BCUT2D eigenvalue weighted by Gasteiger charge is 2.72. The number of fused-ring (bicyclic) bond motifs is 7. The van der Waals surface area contributed by atoms with Gasteiger partial charge in [0.1, 0.15) is 6.10 Å². The molecule has 0 aromatic carbocycles. The average Bonchev–Trinajstić information content (AvgIpc) is 3.23. The van der Waals surface area contributed by atoms with Gasteiger partial charge in [0.25, 0.3) is 0 Å². The first kappa shape index (κ1) is 29.7. The van der Waals surface area contributed by atoms with Crippen LogP contribution in [0.2, 0.25) is 0 Å². The highest BCUT2D eigenvalue weighted by atomic mass is 16.6. The first-order valence-electron chi connectivity index (χ1n) is 16.1. The number of cyclic esters (lactones) is 1. The lowest BCUT2D eigenvalue weighted by Crippen LogP contribution is -2.69. The third-order valence-corrected chi connectivity index (χ3v) is 14.6. The standard InChI is InChI=1S/C34H49NO7/c1-19-18-35(28(41)42-19)24-9-10-31(4)23(34(24,7)27(39)40)8-11-33(6)25(31)22(36)16-20-21-17-30(3,26(37)38)13-12-29(21,2)14-15-32(20,33)5/h16,19,21,23-25H,8-15,17-18H2,1-7H3,(H,37,38)(H,39,40)/t19-,21+,23-,24+,25-,29-,30+,31+,32-,33-,34+/m1/s1. The van der Waals surface area contributed by atoms with Gasteiger partial charge in [-0.25, -0.2) is 4.79 Å². The first-order chi connectivity index (χ1) is 19.4. The van der Waals surface area contributed by atoms with Gasteiger partial charge in [0.15, 0.2) is 5.78 Å². The van der Waals surface area contributed by atoms with Crippen LogP contribution < -0.4 is 0 Å². The van der Waals surface area contributed by atoms with Crippen LogP contribution in [0.15, 0.2) is 11.6 Å². The number of carboxylic acid groups (broad SMARTS) is 2. The largest absolute Gasteiger partial charge is 0.481 e. The lowest BCUT2D eigenvalue weighted by atomic mass is 9.33. The second kappa shape index (κ2) is 8.84. The average molecular weight is 584 g/mol. The van der Waals surface area contributed by atoms with Gasteiger partial charge in [0.2, 0.25) is 0 Å². The van der Waals surface area contributed by atoms with E-state index in [9.17, 15) is 29.4 Å². The number of ether oxygens (including phenoxy) is 1. The molecule has 1 saturated heterocycles. The molecule has 0 spiro atoms. The van der Waals surface area contributed by atoms with Crippen LogP contribution in [0.3, 0.4) is 0 Å². The summed E-state index contributed by atoms with van der Waals surface area (Å²) in [5.41, 5.74) is -2.07. The van der Waals surface area contributed by atoms with Crippen LogP contribution >= 0.6 is 0 Å². The molecule has 1 amide bonds. The minimum absolute atomic E-state index is 0.0215. The fourth-order valence-corrected chi connectivity index (χ4v) is 11.7. The summed E-state index contributed by atoms with van der Waals surface area (Å²) >= 11 is 0. The molecule has 11 atom stereocenters. The van der Waals surface area contributed by atoms with Crippen molar-refractivity contribution in [2.24, 2.45) is 50.2 Å². The number of amides is 1. The smallest absolute Gasteiger partial charge is 0.410 e. The van der Waals surface area contributed by atoms with E-state index in [2.05, 4.69) is 27.7 Å². The molecule has 0 aromatic rings. The van der Waals surface area contributed by atoms with E-state index in [0.29, 0.717) is 38.6 Å². The summed E-state index contributed by atoms with van der Waals surface area (Å²) in [6.07, 6.45) is 7.79. The third kappa shape index (κ3) is 3.53. The molecule has 6 aliphatic rings. The number of hydrogen-bond acceptors (Lipinski definition) is 5. The highest BCUT2D eigenvalue weighted by Crippen LogP contribution is 2.75. The molecule has 5 fully saturated rings. The molecule has 2 N–H and O–H groups in total. The zero-order valence-electron chi connectivity index (χ0n) is 26.4. The normalized spacial score (nSPS) is 51.8. The molecule has 1 heterocycles. The van der Waals surface area contributed by atoms with E-state index < -0.39 is 40.3 Å². The molecular weight excluding hydrogens is 534 g/mol. The summed E-state index contributed by atoms with van der Waals surface area (Å²) < 4.78 is 5.43. The van der Waals surface area contributed by atoms with Gasteiger partial charge >= 0.3 is 18.0 Å². The predicted molar refractivity (Wildman–Crippen MR) is 155 cm³/mol. The number of carbonyl (C=O) groups is 4. The van der Waals surface area contributed by atoms with Crippen molar-refractivity contribution in [3.63, 3.8) is 0 Å². The van der Waals surface area contributed by atoms with Gasteiger partial charge in [0.05, 0.1) is 23.4 Å². The lowest BCUT2D eigenvalue weighted by Gasteiger charge is -2.70. The number of aliphatic carboxylic acids is 2. The van der Waals surface area contributed by atoms with Crippen molar-refractivity contribution in [3.05, 3.63) is 11.6 Å². The number of carbonyl (C=O) groups excluding carboxylic acids is 2. The molecule has 8 heteroatoms. The molecule has 232 valence electrons. The van der Waals surface area contributed by atoms with Gasteiger partial charge in [-0.3, -0.25) is 14.4 Å². The Morgan fingerprint density at radius 3 is 2.17 bits per heavy atom. The van der Waals surface area contributed by atoms with Crippen molar-refractivity contribution < 1.29 is 34.1 Å². The van der Waals surface area contributed by atoms with E-state index >= 15 is 0 Å². The monoisotopic (exact) mass is 583 g/mol. The second-order valence-corrected chi connectivity index (χ2v) is 16.5. The number of allylic oxidation sites excluding steroid dienone is 2. The van der Waals surface area contributed by atoms with Gasteiger partial charge in [-0.1, -0.05) is 33.3 Å². The summed E-state index contributed by atoms with van der Waals surface area (Å²) in [5.74, 6) is -2.14. The maximum absolute atomic E-state index is 14.6. The SMILES string of the molecule is C[C@@H]1CN([C@H]2CC[C@@]3(C)[C@@H](CC[C@]4(C)[C@@H]3C(=O)C=C3[C@@H]5C[C@@](C)(C(=O)O)CC[C@]5(C)CC[C@]34C)[C@]2(C)C(=O)O)C(=O)O1. The molecule has 0 radical (unpaired) electrons. The number of rotatable bonds is 3. The quantitative estimate of drug-likeness (QED) is 0.398. The van der Waals surface area contributed by atoms with Crippen LogP contribution in [0.1, 0.15) is 106 Å². The van der Waals surface area contributed by atoms with Gasteiger partial charge in [0, 0.05) is 5.92 Å². The Morgan fingerprint density at radius 2 is 1.57 bits per heavy atom. The number of carboxylic acids is 2. The van der Waals surface area contributed by atoms with Gasteiger partial charge in [-0.2, -0.15) is 0 Å². The van der Waals surface area contributed by atoms with E-state index in [1.165, 1.54) is 0 Å². The molecule has 0 unspecified atom stereocenters. The third-order valence-electron chi connectivity index (χ3n) is 14.6. The van der Waals surface area contributed by atoms with Crippen molar-refractivity contribution in [2.45, 2.75) is 118 Å². The zero-order chi connectivity index (χ0) is 30.8. The first-order valence-corrected chi connectivity index (χ1v) is 16.1. The van der Waals surface area contributed by atoms with Gasteiger partial charge < -0.3 is 19.8 Å². The number of ketones is 1. The molecule has 4 saturated carbocycles. The molecule has 1 aliphatic heterocycles. The fraction of sp³-hybridized carbons (Fsp3) is 0.824.